The number of allylic oxidation sites excluding steroid dienone is 1. The number of hydrogen-bond acceptors (Lipinski definition) is 12. The Bertz CT molecular complexity index is 2040. The first-order valence-electron chi connectivity index (χ1n) is 21.3. The van der Waals surface area contributed by atoms with Gasteiger partial charge < -0.3 is 45.4 Å². The molecule has 2 aliphatic rings. The minimum Gasteiger partial charge on any atom is -0.505 e. The standard InChI is InChI=1S/C44H62Cl2N6O13/c1-12-29(47-40(57)35(64-11)18-26-16-27(45)37(54)28(46)17-26)38(55)48-30(13-20(2)3)41(58)51-24(9)34(65-25(10)53)19-32(51)39(56)49-31(14-21(4)5)42(59)52(63)36(22(6)7)43(60)50-23(8)15-33(50)44(61)62/h12,16-18,20-24,30-34,36,54,63H,13-15,19H2,1-11H3,(H,47,57)(H,48,55)(H,49,56)(H,61,62)/b29-12-,35-18-/t23-,24+,30-,31-,32-,33-,34-,36-/m0/s1. The number of hydroxylamine groups is 2. The summed E-state index contributed by atoms with van der Waals surface area (Å²) in [5.74, 6) is -8.86. The summed E-state index contributed by atoms with van der Waals surface area (Å²) in [5.41, 5.74) is 0.0202. The summed E-state index contributed by atoms with van der Waals surface area (Å²) in [6.07, 6.45) is 1.57. The molecular weight excluding hydrogens is 891 g/mol. The number of esters is 1. The second kappa shape index (κ2) is 23.2. The molecule has 19 nitrogen and oxygen atoms in total. The van der Waals surface area contributed by atoms with Gasteiger partial charge in [0.1, 0.15) is 42.0 Å². The Morgan fingerprint density at radius 2 is 1.43 bits per heavy atom. The Hall–Kier alpha value is -5.40. The summed E-state index contributed by atoms with van der Waals surface area (Å²) in [4.78, 5) is 110. The number of aromatic hydroxyl groups is 1. The molecule has 0 aliphatic carbocycles. The predicted molar refractivity (Wildman–Crippen MR) is 238 cm³/mol. The monoisotopic (exact) mass is 952 g/mol. The molecule has 0 radical (unpaired) electrons. The molecule has 1 aromatic carbocycles. The van der Waals surface area contributed by atoms with Crippen molar-refractivity contribution in [1.29, 1.82) is 0 Å². The lowest BCUT2D eigenvalue weighted by molar-refractivity contribution is -0.195. The van der Waals surface area contributed by atoms with Crippen LogP contribution in [-0.4, -0.2) is 133 Å². The van der Waals surface area contributed by atoms with Crippen molar-refractivity contribution in [3.8, 4) is 5.75 Å². The number of carbonyl (C=O) groups excluding carboxylic acids is 7. The zero-order chi connectivity index (χ0) is 49.4. The molecule has 6 N–H and O–H groups in total. The minimum atomic E-state index is -1.50. The van der Waals surface area contributed by atoms with E-state index in [1.165, 1.54) is 50.1 Å². The number of phenolic OH excluding ortho intramolecular Hbond substituents is 1. The third kappa shape index (κ3) is 13.3. The third-order valence-electron chi connectivity index (χ3n) is 11.1. The Balaban J connectivity index is 1.94. The zero-order valence-electron chi connectivity index (χ0n) is 38.5. The van der Waals surface area contributed by atoms with E-state index in [4.69, 9.17) is 32.7 Å². The molecule has 2 fully saturated rings. The number of rotatable bonds is 19. The average Bonchev–Trinajstić information content (AvgIpc) is 3.52. The normalized spacial score (nSPS) is 21.3. The molecule has 360 valence electrons. The fourth-order valence-corrected chi connectivity index (χ4v) is 8.43. The molecule has 1 aromatic rings. The van der Waals surface area contributed by atoms with Crippen molar-refractivity contribution in [3.63, 3.8) is 0 Å². The number of aliphatic carboxylic acids is 1. The third-order valence-corrected chi connectivity index (χ3v) is 11.7. The highest BCUT2D eigenvalue weighted by Gasteiger charge is 2.51. The van der Waals surface area contributed by atoms with Gasteiger partial charge in [0.15, 0.2) is 11.5 Å². The summed E-state index contributed by atoms with van der Waals surface area (Å²) in [5, 5.41) is 38.8. The molecular formula is C44H62Cl2N6O13. The van der Waals surface area contributed by atoms with Gasteiger partial charge in [0.25, 0.3) is 17.7 Å². The number of nitrogens with one attached hydrogen (secondary N) is 3. The first-order valence-corrected chi connectivity index (χ1v) is 22.1. The van der Waals surface area contributed by atoms with Gasteiger partial charge in [-0.05, 0) is 81.6 Å². The molecule has 2 saturated heterocycles. The second-order valence-corrected chi connectivity index (χ2v) is 18.3. The number of ether oxygens (including phenoxy) is 2. The molecule has 2 aliphatic heterocycles. The van der Waals surface area contributed by atoms with Gasteiger partial charge in [-0.3, -0.25) is 38.8 Å². The Morgan fingerprint density at radius 1 is 0.862 bits per heavy atom. The molecule has 65 heavy (non-hydrogen) atoms. The number of hydrogen-bond donors (Lipinski definition) is 6. The maximum Gasteiger partial charge on any atom is 0.326 e. The lowest BCUT2D eigenvalue weighted by Crippen LogP contribution is -2.66. The number of carboxylic acid groups (broad SMARTS) is 1. The van der Waals surface area contributed by atoms with Gasteiger partial charge in [-0.25, -0.2) is 9.86 Å². The van der Waals surface area contributed by atoms with Crippen molar-refractivity contribution in [3.05, 3.63) is 45.3 Å². The number of halogens is 2. The van der Waals surface area contributed by atoms with Crippen molar-refractivity contribution >= 4 is 76.7 Å². The van der Waals surface area contributed by atoms with Crippen molar-refractivity contribution in [2.24, 2.45) is 17.8 Å². The first-order chi connectivity index (χ1) is 30.2. The fourth-order valence-electron chi connectivity index (χ4n) is 7.92. The van der Waals surface area contributed by atoms with E-state index in [0.29, 0.717) is 5.56 Å². The zero-order valence-corrected chi connectivity index (χ0v) is 40.0. The largest absolute Gasteiger partial charge is 0.505 e. The van der Waals surface area contributed by atoms with E-state index in [2.05, 4.69) is 16.0 Å². The quantitative estimate of drug-likeness (QED) is 0.0377. The summed E-state index contributed by atoms with van der Waals surface area (Å²) in [6, 6.07) is -5.48. The average molecular weight is 954 g/mol. The van der Waals surface area contributed by atoms with Crippen LogP contribution in [0.3, 0.4) is 0 Å². The molecule has 0 saturated carbocycles. The van der Waals surface area contributed by atoms with Crippen LogP contribution in [0.15, 0.2) is 29.7 Å². The number of methoxy groups -OCH3 is 1. The predicted octanol–water partition coefficient (Wildman–Crippen LogP) is 4.01. The maximum atomic E-state index is 14.7. The van der Waals surface area contributed by atoms with Gasteiger partial charge in [0.05, 0.1) is 23.2 Å². The number of benzene rings is 1. The number of carboxylic acids is 1. The lowest BCUT2D eigenvalue weighted by atomic mass is 9.90. The number of amides is 6. The smallest absolute Gasteiger partial charge is 0.326 e. The summed E-state index contributed by atoms with van der Waals surface area (Å²) in [7, 11) is 1.21. The lowest BCUT2D eigenvalue weighted by Gasteiger charge is -2.47. The molecule has 0 aromatic heterocycles. The van der Waals surface area contributed by atoms with E-state index in [-0.39, 0.29) is 69.8 Å². The van der Waals surface area contributed by atoms with Crippen LogP contribution in [0.25, 0.3) is 6.08 Å². The fraction of sp³-hybridized carbons (Fsp3) is 0.591. The maximum absolute atomic E-state index is 14.7. The molecule has 21 heteroatoms. The van der Waals surface area contributed by atoms with Crippen LogP contribution < -0.4 is 16.0 Å². The molecule has 0 spiro atoms. The molecule has 0 unspecified atom stereocenters. The first kappa shape index (κ1) is 53.9. The van der Waals surface area contributed by atoms with E-state index in [0.717, 1.165) is 4.90 Å². The van der Waals surface area contributed by atoms with Crippen molar-refractivity contribution < 1.29 is 63.3 Å². The van der Waals surface area contributed by atoms with Crippen LogP contribution in [0.5, 0.6) is 5.75 Å². The Kier molecular flexibility index (Phi) is 19.2. The highest BCUT2D eigenvalue weighted by Crippen LogP contribution is 2.34. The summed E-state index contributed by atoms with van der Waals surface area (Å²) >= 11 is 12.1. The van der Waals surface area contributed by atoms with E-state index in [1.54, 1.807) is 55.4 Å². The molecule has 2 heterocycles. The molecule has 3 rings (SSSR count). The van der Waals surface area contributed by atoms with Crippen LogP contribution in [0, 0.1) is 17.8 Å². The van der Waals surface area contributed by atoms with Crippen LogP contribution in [0.4, 0.5) is 0 Å². The van der Waals surface area contributed by atoms with Crippen molar-refractivity contribution in [2.45, 2.75) is 143 Å². The minimum absolute atomic E-state index is 0.0254. The molecule has 8 atom stereocenters. The van der Waals surface area contributed by atoms with Gasteiger partial charge in [-0.15, -0.1) is 0 Å². The number of carbonyl (C=O) groups is 8. The number of phenols is 1. The van der Waals surface area contributed by atoms with Crippen LogP contribution in [-0.2, 0) is 47.8 Å². The molecule has 6 amide bonds. The van der Waals surface area contributed by atoms with E-state index in [9.17, 15) is 53.8 Å². The highest BCUT2D eigenvalue weighted by molar-refractivity contribution is 6.37. The van der Waals surface area contributed by atoms with Gasteiger partial charge in [0, 0.05) is 19.4 Å². The second-order valence-electron chi connectivity index (χ2n) is 17.5. The van der Waals surface area contributed by atoms with E-state index in [1.807, 2.05) is 0 Å². The topological polar surface area (TPSA) is 262 Å². The Labute approximate surface area is 388 Å². The summed E-state index contributed by atoms with van der Waals surface area (Å²) in [6.45, 7) is 16.1. The van der Waals surface area contributed by atoms with Crippen molar-refractivity contribution in [2.75, 3.05) is 7.11 Å². The SMILES string of the molecule is C/C=C(\NC(=O)/C(=C/c1cc(Cl)c(O)c(Cl)c1)OC)C(=O)N[C@@H](CC(C)C)C(=O)N1[C@H](C)[C@@H](OC(C)=O)C[C@H]1C(=O)N[C@@H](CC(C)C)C(=O)N(O)[C@H](C(=O)N1[C@@H](C)C[C@H]1C(=O)O)C(C)C. The van der Waals surface area contributed by atoms with Gasteiger partial charge in [-0.2, -0.15) is 0 Å². The number of likely N-dealkylation sites (tertiary alicyclic amines) is 2. The van der Waals surface area contributed by atoms with Gasteiger partial charge >= 0.3 is 11.9 Å². The summed E-state index contributed by atoms with van der Waals surface area (Å²) < 4.78 is 10.8. The Morgan fingerprint density at radius 3 is 1.91 bits per heavy atom. The van der Waals surface area contributed by atoms with E-state index >= 15 is 0 Å². The number of nitrogens with zero attached hydrogens (tertiary/aromatic N) is 3. The van der Waals surface area contributed by atoms with E-state index < -0.39 is 102 Å². The van der Waals surface area contributed by atoms with Crippen LogP contribution in [0.2, 0.25) is 10.0 Å². The molecule has 0 bridgehead atoms. The van der Waals surface area contributed by atoms with Crippen molar-refractivity contribution in [1.82, 2.24) is 30.8 Å². The van der Waals surface area contributed by atoms with Gasteiger partial charge in [0.2, 0.25) is 17.7 Å². The van der Waals surface area contributed by atoms with Crippen LogP contribution in [0.1, 0.15) is 100 Å². The van der Waals surface area contributed by atoms with Crippen LogP contribution >= 0.6 is 23.2 Å². The highest BCUT2D eigenvalue weighted by atomic mass is 35.5. The van der Waals surface area contributed by atoms with Gasteiger partial charge in [-0.1, -0.05) is 70.8 Å².